The first kappa shape index (κ1) is 15.3. The van der Waals surface area contributed by atoms with Gasteiger partial charge < -0.3 is 10.1 Å². The lowest BCUT2D eigenvalue weighted by molar-refractivity contribution is 0.294. The molecule has 0 amide bonds. The van der Waals surface area contributed by atoms with Crippen molar-refractivity contribution in [3.8, 4) is 5.75 Å². The highest BCUT2D eigenvalue weighted by Crippen LogP contribution is 2.25. The summed E-state index contributed by atoms with van der Waals surface area (Å²) in [7, 11) is 0. The lowest BCUT2D eigenvalue weighted by Gasteiger charge is -2.15. The molecular weight excluding hydrogens is 253 g/mol. The minimum atomic E-state index is -0.325. The summed E-state index contributed by atoms with van der Waals surface area (Å²) in [4.78, 5) is 0. The summed E-state index contributed by atoms with van der Waals surface area (Å²) in [6.45, 7) is 5.81. The van der Waals surface area contributed by atoms with Crippen molar-refractivity contribution in [2.45, 2.75) is 39.2 Å². The Bertz CT molecular complexity index is 360. The highest BCUT2D eigenvalue weighted by molar-refractivity contribution is 6.32. The smallest absolute Gasteiger partial charge is 0.140 e. The monoisotopic (exact) mass is 273 g/mol. The highest BCUT2D eigenvalue weighted by Gasteiger charge is 2.06. The molecule has 1 unspecified atom stereocenters. The fraction of sp³-hybridized carbons (Fsp3) is 0.571. The van der Waals surface area contributed by atoms with Crippen molar-refractivity contribution in [3.05, 3.63) is 29.0 Å². The average molecular weight is 274 g/mol. The van der Waals surface area contributed by atoms with Crippen LogP contribution in [0, 0.1) is 5.82 Å². The summed E-state index contributed by atoms with van der Waals surface area (Å²) in [5, 5.41) is 3.86. The summed E-state index contributed by atoms with van der Waals surface area (Å²) in [5.41, 5.74) is 0. The summed E-state index contributed by atoms with van der Waals surface area (Å²) in [5.74, 6) is 0.0988. The van der Waals surface area contributed by atoms with E-state index in [2.05, 4.69) is 19.2 Å². The largest absolute Gasteiger partial charge is 0.492 e. The van der Waals surface area contributed by atoms with Crippen LogP contribution in [0.1, 0.15) is 33.1 Å². The molecule has 1 aromatic carbocycles. The number of hydrogen-bond donors (Lipinski definition) is 1. The average Bonchev–Trinajstić information content (AvgIpc) is 2.37. The summed E-state index contributed by atoms with van der Waals surface area (Å²) in [6, 6.07) is 4.69. The Labute approximate surface area is 113 Å². The van der Waals surface area contributed by atoms with Crippen LogP contribution in [-0.2, 0) is 0 Å². The fourth-order valence-corrected chi connectivity index (χ4v) is 2.01. The van der Waals surface area contributed by atoms with Crippen LogP contribution in [0.2, 0.25) is 5.02 Å². The van der Waals surface area contributed by atoms with E-state index in [-0.39, 0.29) is 5.82 Å². The van der Waals surface area contributed by atoms with Crippen LogP contribution in [-0.4, -0.2) is 19.2 Å². The Hall–Kier alpha value is -0.800. The third-order valence-electron chi connectivity index (χ3n) is 2.83. The van der Waals surface area contributed by atoms with Crippen molar-refractivity contribution < 1.29 is 9.13 Å². The minimum Gasteiger partial charge on any atom is -0.492 e. The Kier molecular flexibility index (Phi) is 7.06. The SMILES string of the molecule is CCNC(CC)CCCOc1cc(F)ccc1Cl. The molecule has 0 aromatic heterocycles. The van der Waals surface area contributed by atoms with Gasteiger partial charge >= 0.3 is 0 Å². The second-order valence-electron chi connectivity index (χ2n) is 4.23. The molecule has 0 aliphatic rings. The van der Waals surface area contributed by atoms with Gasteiger partial charge in [0, 0.05) is 12.1 Å². The molecule has 0 bridgehead atoms. The molecular formula is C14H21ClFNO. The van der Waals surface area contributed by atoms with Gasteiger partial charge in [0.25, 0.3) is 0 Å². The lowest BCUT2D eigenvalue weighted by atomic mass is 10.1. The quantitative estimate of drug-likeness (QED) is 0.722. The Morgan fingerprint density at radius 1 is 1.39 bits per heavy atom. The van der Waals surface area contributed by atoms with Gasteiger partial charge in [-0.3, -0.25) is 0 Å². The zero-order chi connectivity index (χ0) is 13.4. The van der Waals surface area contributed by atoms with Gasteiger partial charge in [0.1, 0.15) is 11.6 Å². The number of halogens is 2. The molecule has 0 aliphatic carbocycles. The maximum Gasteiger partial charge on any atom is 0.140 e. The second kappa shape index (κ2) is 8.33. The Morgan fingerprint density at radius 3 is 2.83 bits per heavy atom. The molecule has 0 radical (unpaired) electrons. The van der Waals surface area contributed by atoms with Gasteiger partial charge in [0.2, 0.25) is 0 Å². The second-order valence-corrected chi connectivity index (χ2v) is 4.64. The van der Waals surface area contributed by atoms with Crippen molar-refractivity contribution in [2.75, 3.05) is 13.2 Å². The third kappa shape index (κ3) is 5.23. The number of benzene rings is 1. The molecule has 18 heavy (non-hydrogen) atoms. The normalized spacial score (nSPS) is 12.4. The van der Waals surface area contributed by atoms with E-state index < -0.39 is 0 Å². The summed E-state index contributed by atoms with van der Waals surface area (Å²) >= 11 is 5.91. The highest BCUT2D eigenvalue weighted by atomic mass is 35.5. The molecule has 1 rings (SSSR count). The topological polar surface area (TPSA) is 21.3 Å². The van der Waals surface area contributed by atoms with Crippen LogP contribution in [0.25, 0.3) is 0 Å². The van der Waals surface area contributed by atoms with Gasteiger partial charge in [-0.25, -0.2) is 4.39 Å². The van der Waals surface area contributed by atoms with E-state index in [0.29, 0.717) is 23.4 Å². The zero-order valence-electron chi connectivity index (χ0n) is 11.0. The molecule has 2 nitrogen and oxygen atoms in total. The van der Waals surface area contributed by atoms with Gasteiger partial charge in [0.05, 0.1) is 11.6 Å². The molecule has 0 fully saturated rings. The number of rotatable bonds is 8. The van der Waals surface area contributed by atoms with Gasteiger partial charge in [-0.15, -0.1) is 0 Å². The first-order chi connectivity index (χ1) is 8.67. The standard InChI is InChI=1S/C14H21ClFNO/c1-3-12(17-4-2)6-5-9-18-14-10-11(16)7-8-13(14)15/h7-8,10,12,17H,3-6,9H2,1-2H3. The van der Waals surface area contributed by atoms with E-state index in [1.54, 1.807) is 0 Å². The first-order valence-electron chi connectivity index (χ1n) is 6.48. The van der Waals surface area contributed by atoms with Gasteiger partial charge in [-0.05, 0) is 37.9 Å². The van der Waals surface area contributed by atoms with Gasteiger partial charge in [-0.2, -0.15) is 0 Å². The molecule has 0 aliphatic heterocycles. The molecule has 0 saturated carbocycles. The van der Waals surface area contributed by atoms with Gasteiger partial charge in [0.15, 0.2) is 0 Å². The summed E-state index contributed by atoms with van der Waals surface area (Å²) in [6.07, 6.45) is 3.09. The zero-order valence-corrected chi connectivity index (χ0v) is 11.8. The predicted molar refractivity (Wildman–Crippen MR) is 73.9 cm³/mol. The lowest BCUT2D eigenvalue weighted by Crippen LogP contribution is -2.28. The van der Waals surface area contributed by atoms with E-state index >= 15 is 0 Å². The molecule has 1 atom stereocenters. The van der Waals surface area contributed by atoms with Crippen LogP contribution in [0.5, 0.6) is 5.75 Å². The maximum atomic E-state index is 13.0. The van der Waals surface area contributed by atoms with Crippen molar-refractivity contribution in [1.29, 1.82) is 0 Å². The fourth-order valence-electron chi connectivity index (χ4n) is 1.84. The van der Waals surface area contributed by atoms with Crippen molar-refractivity contribution in [2.24, 2.45) is 0 Å². The van der Waals surface area contributed by atoms with E-state index in [9.17, 15) is 4.39 Å². The van der Waals surface area contributed by atoms with Crippen LogP contribution in [0.15, 0.2) is 18.2 Å². The van der Waals surface area contributed by atoms with Crippen LogP contribution < -0.4 is 10.1 Å². The molecule has 0 spiro atoms. The van der Waals surface area contributed by atoms with Crippen molar-refractivity contribution in [3.63, 3.8) is 0 Å². The number of ether oxygens (including phenoxy) is 1. The van der Waals surface area contributed by atoms with Crippen molar-refractivity contribution >= 4 is 11.6 Å². The van der Waals surface area contributed by atoms with Crippen LogP contribution in [0.3, 0.4) is 0 Å². The first-order valence-corrected chi connectivity index (χ1v) is 6.86. The number of nitrogens with one attached hydrogen (secondary N) is 1. The molecule has 4 heteroatoms. The molecule has 1 N–H and O–H groups in total. The minimum absolute atomic E-state index is 0.325. The van der Waals surface area contributed by atoms with E-state index in [0.717, 1.165) is 25.8 Å². The Balaban J connectivity index is 2.31. The van der Waals surface area contributed by atoms with Gasteiger partial charge in [-0.1, -0.05) is 25.4 Å². The molecule has 0 heterocycles. The van der Waals surface area contributed by atoms with E-state index in [1.807, 2.05) is 0 Å². The molecule has 0 saturated heterocycles. The van der Waals surface area contributed by atoms with Crippen LogP contribution in [0.4, 0.5) is 4.39 Å². The maximum absolute atomic E-state index is 13.0. The van der Waals surface area contributed by atoms with Crippen molar-refractivity contribution in [1.82, 2.24) is 5.32 Å². The number of hydrogen-bond acceptors (Lipinski definition) is 2. The third-order valence-corrected chi connectivity index (χ3v) is 3.15. The predicted octanol–water partition coefficient (Wildman–Crippen LogP) is 4.03. The van der Waals surface area contributed by atoms with Crippen LogP contribution >= 0.6 is 11.6 Å². The Morgan fingerprint density at radius 2 is 2.17 bits per heavy atom. The molecule has 102 valence electrons. The molecule has 1 aromatic rings. The summed E-state index contributed by atoms with van der Waals surface area (Å²) < 4.78 is 18.5. The van der Waals surface area contributed by atoms with E-state index in [1.165, 1.54) is 18.2 Å². The van der Waals surface area contributed by atoms with E-state index in [4.69, 9.17) is 16.3 Å².